The number of thiophene rings is 1. The smallest absolute Gasteiger partial charge is 0.376 e. The highest BCUT2D eigenvalue weighted by atomic mass is 35.5. The highest BCUT2D eigenvalue weighted by molar-refractivity contribution is 7.15. The highest BCUT2D eigenvalue weighted by Crippen LogP contribution is 2.35. The number of alkyl halides is 3. The molecule has 1 fully saturated rings. The highest BCUT2D eigenvalue weighted by Gasteiger charge is 2.31. The van der Waals surface area contributed by atoms with E-state index in [1.54, 1.807) is 4.57 Å². The van der Waals surface area contributed by atoms with Gasteiger partial charge in [-0.25, -0.2) is 0 Å². The van der Waals surface area contributed by atoms with E-state index in [1.807, 2.05) is 24.8 Å². The summed E-state index contributed by atoms with van der Waals surface area (Å²) < 4.78 is 47.8. The molecule has 0 radical (unpaired) electrons. The van der Waals surface area contributed by atoms with Gasteiger partial charge in [-0.2, -0.15) is 22.7 Å². The maximum absolute atomic E-state index is 14.0. The second kappa shape index (κ2) is 11.6. The van der Waals surface area contributed by atoms with Crippen molar-refractivity contribution >= 4 is 46.0 Å². The van der Waals surface area contributed by atoms with Gasteiger partial charge in [-0.15, -0.1) is 16.4 Å². The van der Waals surface area contributed by atoms with Crippen LogP contribution in [0.25, 0.3) is 16.5 Å². The van der Waals surface area contributed by atoms with Crippen molar-refractivity contribution in [3.63, 3.8) is 0 Å². The Balaban J connectivity index is 1.43. The van der Waals surface area contributed by atoms with Crippen molar-refractivity contribution in [2.45, 2.75) is 52.1 Å². The number of piperazine rings is 1. The molecule has 1 saturated heterocycles. The van der Waals surface area contributed by atoms with Crippen molar-refractivity contribution in [3.8, 4) is 10.7 Å². The molecule has 0 bridgehead atoms. The summed E-state index contributed by atoms with van der Waals surface area (Å²) in [5.41, 5.74) is 1.01. The summed E-state index contributed by atoms with van der Waals surface area (Å²) in [6.07, 6.45) is -3.37. The van der Waals surface area contributed by atoms with Gasteiger partial charge in [0.2, 0.25) is 11.7 Å². The van der Waals surface area contributed by atoms with Gasteiger partial charge < -0.3 is 24.8 Å². The molecule has 0 aliphatic carbocycles. The zero-order valence-electron chi connectivity index (χ0n) is 23.4. The summed E-state index contributed by atoms with van der Waals surface area (Å²) in [6.45, 7) is 6.66. The number of nitrogens with one attached hydrogen (secondary N) is 2. The van der Waals surface area contributed by atoms with Gasteiger partial charge in [0.25, 0.3) is 5.56 Å². The lowest BCUT2D eigenvalue weighted by Gasteiger charge is -2.34. The van der Waals surface area contributed by atoms with Gasteiger partial charge in [0.15, 0.2) is 5.82 Å². The monoisotopic (exact) mass is 635 g/mol. The van der Waals surface area contributed by atoms with Crippen molar-refractivity contribution in [1.82, 2.24) is 24.5 Å². The molecule has 15 heteroatoms. The lowest BCUT2D eigenvalue weighted by atomic mass is 10.1. The van der Waals surface area contributed by atoms with Gasteiger partial charge in [-0.1, -0.05) is 18.5 Å². The molecular formula is C28H29ClF3N7O3S. The van der Waals surface area contributed by atoms with Gasteiger partial charge in [0, 0.05) is 30.6 Å². The Labute approximate surface area is 253 Å². The fourth-order valence-electron chi connectivity index (χ4n) is 5.55. The number of amides is 1. The zero-order chi connectivity index (χ0) is 30.5. The number of aromatic nitrogens is 4. The summed E-state index contributed by atoms with van der Waals surface area (Å²) >= 11 is 7.61. The average molecular weight is 636 g/mol. The van der Waals surface area contributed by atoms with Crippen LogP contribution < -0.4 is 21.1 Å². The first kappa shape index (κ1) is 29.6. The molecular weight excluding hydrogens is 607 g/mol. The Bertz CT molecular complexity index is 1740. The first-order valence-corrected chi connectivity index (χ1v) is 15.1. The van der Waals surface area contributed by atoms with Crippen molar-refractivity contribution < 1.29 is 22.7 Å². The van der Waals surface area contributed by atoms with Crippen LogP contribution in [0.4, 0.5) is 24.5 Å². The molecule has 1 unspecified atom stereocenters. The molecule has 1 amide bonds. The summed E-state index contributed by atoms with van der Waals surface area (Å²) in [4.78, 5) is 36.0. The minimum absolute atomic E-state index is 0.0412. The first-order valence-electron chi connectivity index (χ1n) is 13.9. The number of carbonyl (C=O) groups is 1. The maximum atomic E-state index is 14.0. The number of benzene rings is 1. The van der Waals surface area contributed by atoms with Crippen LogP contribution in [0, 0.1) is 0 Å². The number of anilines is 2. The molecule has 10 nitrogen and oxygen atoms in total. The molecule has 1 atom stereocenters. The largest absolute Gasteiger partial charge is 0.416 e. The van der Waals surface area contributed by atoms with Gasteiger partial charge >= 0.3 is 6.18 Å². The fraction of sp³-hybridized carbons (Fsp3) is 0.429. The number of fused-ring (bicyclic) bond motifs is 2. The van der Waals surface area contributed by atoms with Crippen LogP contribution in [-0.2, 0) is 41.7 Å². The standard InChI is InChI=1S/C28H29ClF3N7O3S/c1-3-20-24(37-8-7-33-15(2)12-37)26(41)39-27(35-25(36-39)21-10-16-6-9-42-14-22(16)43-21)38(20)13-23(40)34-19-5-4-17(11-18(19)29)28(30,31)32/h4-5,10-11,15,33H,3,6-9,12-14H2,1-2H3,(H,34,40). The second-order valence-corrected chi connectivity index (χ2v) is 12.1. The molecule has 0 spiro atoms. The molecule has 4 aromatic rings. The summed E-state index contributed by atoms with van der Waals surface area (Å²) in [6, 6.07) is 4.90. The van der Waals surface area contributed by atoms with Crippen molar-refractivity contribution in [1.29, 1.82) is 0 Å². The van der Waals surface area contributed by atoms with Crippen LogP contribution in [0.2, 0.25) is 5.02 Å². The Hall–Kier alpha value is -3.46. The van der Waals surface area contributed by atoms with E-state index in [4.69, 9.17) is 21.3 Å². The maximum Gasteiger partial charge on any atom is 0.416 e. The molecule has 43 heavy (non-hydrogen) atoms. The topological polar surface area (TPSA) is 106 Å². The van der Waals surface area contributed by atoms with Crippen molar-refractivity contribution in [2.24, 2.45) is 0 Å². The number of ether oxygens (including phenoxy) is 1. The SMILES string of the molecule is CCc1c(N2CCNC(C)C2)c(=O)n2nc(-c3cc4c(s3)COCC4)nc2n1CC(=O)Nc1ccc(C(F)(F)F)cc1Cl. The molecule has 5 heterocycles. The molecule has 2 aliphatic rings. The molecule has 228 valence electrons. The molecule has 0 saturated carbocycles. The Morgan fingerprint density at radius 3 is 2.81 bits per heavy atom. The fourth-order valence-corrected chi connectivity index (χ4v) is 6.86. The van der Waals surface area contributed by atoms with Crippen LogP contribution in [-0.4, -0.2) is 57.4 Å². The molecule has 1 aromatic carbocycles. The van der Waals surface area contributed by atoms with E-state index in [2.05, 4.69) is 15.7 Å². The van der Waals surface area contributed by atoms with E-state index >= 15 is 0 Å². The zero-order valence-corrected chi connectivity index (χ0v) is 25.0. The Kier molecular flexibility index (Phi) is 7.96. The number of hydrogen-bond donors (Lipinski definition) is 2. The summed E-state index contributed by atoms with van der Waals surface area (Å²) in [5.74, 6) is 0.0132. The molecule has 3 aromatic heterocycles. The van der Waals surface area contributed by atoms with Gasteiger partial charge in [-0.05, 0) is 49.6 Å². The minimum Gasteiger partial charge on any atom is -0.376 e. The van der Waals surface area contributed by atoms with Crippen LogP contribution >= 0.6 is 22.9 Å². The predicted molar refractivity (Wildman–Crippen MR) is 158 cm³/mol. The average Bonchev–Trinajstić information content (AvgIpc) is 3.60. The van der Waals surface area contributed by atoms with Crippen LogP contribution in [0.5, 0.6) is 0 Å². The number of nitrogens with zero attached hydrogens (tertiary/aromatic N) is 5. The second-order valence-electron chi connectivity index (χ2n) is 10.6. The molecule has 2 aliphatic heterocycles. The van der Waals surface area contributed by atoms with Crippen molar-refractivity contribution in [2.75, 3.05) is 36.5 Å². The van der Waals surface area contributed by atoms with E-state index in [1.165, 1.54) is 15.9 Å². The van der Waals surface area contributed by atoms with Crippen LogP contribution in [0.1, 0.15) is 35.5 Å². The van der Waals surface area contributed by atoms with E-state index in [0.29, 0.717) is 56.5 Å². The summed E-state index contributed by atoms with van der Waals surface area (Å²) in [7, 11) is 0. The lowest BCUT2D eigenvalue weighted by molar-refractivity contribution is -0.137. The quantitative estimate of drug-likeness (QED) is 0.324. The number of halogens is 4. The normalized spacial score (nSPS) is 17.3. The van der Waals surface area contributed by atoms with Crippen LogP contribution in [0.3, 0.4) is 0 Å². The lowest BCUT2D eigenvalue weighted by Crippen LogP contribution is -2.51. The van der Waals surface area contributed by atoms with Gasteiger partial charge in [-0.3, -0.25) is 9.59 Å². The Morgan fingerprint density at radius 1 is 1.30 bits per heavy atom. The van der Waals surface area contributed by atoms with E-state index in [0.717, 1.165) is 39.9 Å². The van der Waals surface area contributed by atoms with Crippen LogP contribution in [0.15, 0.2) is 29.1 Å². The van der Waals surface area contributed by atoms with Gasteiger partial charge in [0.1, 0.15) is 12.2 Å². The first-order chi connectivity index (χ1) is 20.5. The third kappa shape index (κ3) is 5.76. The molecule has 2 N–H and O–H groups in total. The number of rotatable bonds is 6. The number of carbonyl (C=O) groups excluding carboxylic acids is 1. The minimum atomic E-state index is -4.57. The van der Waals surface area contributed by atoms with E-state index in [9.17, 15) is 22.8 Å². The summed E-state index contributed by atoms with van der Waals surface area (Å²) in [5, 5.41) is 10.4. The number of hydrogen-bond acceptors (Lipinski definition) is 8. The third-order valence-corrected chi connectivity index (χ3v) is 9.04. The van der Waals surface area contributed by atoms with E-state index < -0.39 is 17.6 Å². The van der Waals surface area contributed by atoms with Gasteiger partial charge in [0.05, 0.1) is 40.1 Å². The van der Waals surface area contributed by atoms with Crippen molar-refractivity contribution in [3.05, 3.63) is 61.3 Å². The predicted octanol–water partition coefficient (Wildman–Crippen LogP) is 4.36. The molecule has 6 rings (SSSR count). The van der Waals surface area contributed by atoms with E-state index in [-0.39, 0.29) is 34.6 Å². The third-order valence-electron chi connectivity index (χ3n) is 7.58. The Morgan fingerprint density at radius 2 is 2.12 bits per heavy atom.